The molecular weight excluding hydrogens is 496 g/mol. The standard InChI is InChI=1S/C27H35ClN4O5/c1-15(2)18-7-5-17(6-8-18)14-30-21-10-9-19(28)13-20(21)25(34)32-24(16(3)4)26(35)31-22(27(36)37)11-12-23(29)33/h5-10,13,15-16,22,24,30H,11-12,14H2,1-4H3,(H2,29,33)(H,31,35)(H,32,34)(H,36,37)/t22-,24+/m1/s1. The van der Waals surface area contributed by atoms with Crippen LogP contribution in [0.15, 0.2) is 42.5 Å². The first-order chi connectivity index (χ1) is 17.4. The fourth-order valence-corrected chi connectivity index (χ4v) is 3.81. The van der Waals surface area contributed by atoms with Crippen LogP contribution in [0.4, 0.5) is 5.69 Å². The first-order valence-electron chi connectivity index (χ1n) is 12.1. The first kappa shape index (κ1) is 29.6. The molecule has 3 amide bonds. The van der Waals surface area contributed by atoms with Crippen molar-refractivity contribution in [3.8, 4) is 0 Å². The summed E-state index contributed by atoms with van der Waals surface area (Å²) in [7, 11) is 0. The summed E-state index contributed by atoms with van der Waals surface area (Å²) in [4.78, 5) is 48.7. The minimum absolute atomic E-state index is 0.157. The second kappa shape index (κ2) is 13.6. The predicted molar refractivity (Wildman–Crippen MR) is 143 cm³/mol. The normalized spacial score (nSPS) is 12.6. The zero-order valence-electron chi connectivity index (χ0n) is 21.5. The minimum Gasteiger partial charge on any atom is -0.480 e. The Bertz CT molecular complexity index is 1120. The molecule has 0 unspecified atom stereocenters. The van der Waals surface area contributed by atoms with E-state index in [-0.39, 0.29) is 24.3 Å². The van der Waals surface area contributed by atoms with E-state index in [2.05, 4.69) is 41.9 Å². The Kier molecular flexibility index (Phi) is 10.9. The lowest BCUT2D eigenvalue weighted by molar-refractivity contribution is -0.142. The molecular formula is C27H35ClN4O5. The summed E-state index contributed by atoms with van der Waals surface area (Å²) in [6.07, 6.45) is -0.358. The van der Waals surface area contributed by atoms with Crippen molar-refractivity contribution in [2.75, 3.05) is 5.32 Å². The zero-order chi connectivity index (χ0) is 27.7. The van der Waals surface area contributed by atoms with E-state index in [9.17, 15) is 24.3 Å². The van der Waals surface area contributed by atoms with E-state index in [0.29, 0.717) is 23.2 Å². The predicted octanol–water partition coefficient (Wildman–Crippen LogP) is 3.66. The molecule has 0 aliphatic rings. The van der Waals surface area contributed by atoms with Crippen LogP contribution in [0.5, 0.6) is 0 Å². The number of carboxylic acids is 1. The highest BCUT2D eigenvalue weighted by Gasteiger charge is 2.29. The Labute approximate surface area is 222 Å². The smallest absolute Gasteiger partial charge is 0.326 e. The summed E-state index contributed by atoms with van der Waals surface area (Å²) in [5.74, 6) is -3.13. The van der Waals surface area contributed by atoms with E-state index in [4.69, 9.17) is 17.3 Å². The van der Waals surface area contributed by atoms with Crippen LogP contribution in [0.3, 0.4) is 0 Å². The van der Waals surface area contributed by atoms with Crippen molar-refractivity contribution in [2.24, 2.45) is 11.7 Å². The number of nitrogens with one attached hydrogen (secondary N) is 3. The maximum Gasteiger partial charge on any atom is 0.326 e. The second-order valence-electron chi connectivity index (χ2n) is 9.54. The molecule has 0 fully saturated rings. The molecule has 2 atom stereocenters. The number of primary amides is 1. The molecule has 0 saturated heterocycles. The maximum absolute atomic E-state index is 13.2. The van der Waals surface area contributed by atoms with Crippen LogP contribution in [0.25, 0.3) is 0 Å². The summed E-state index contributed by atoms with van der Waals surface area (Å²) < 4.78 is 0. The molecule has 9 nitrogen and oxygen atoms in total. The number of anilines is 1. The van der Waals surface area contributed by atoms with E-state index in [0.717, 1.165) is 5.56 Å². The van der Waals surface area contributed by atoms with Crippen LogP contribution in [0.2, 0.25) is 5.02 Å². The number of amides is 3. The number of benzene rings is 2. The van der Waals surface area contributed by atoms with Crippen molar-refractivity contribution in [3.63, 3.8) is 0 Å². The number of hydrogen-bond acceptors (Lipinski definition) is 5. The van der Waals surface area contributed by atoms with Crippen molar-refractivity contribution in [1.82, 2.24) is 10.6 Å². The SMILES string of the molecule is CC(C)c1ccc(CNc2ccc(Cl)cc2C(=O)N[C@H](C(=O)N[C@H](CCC(N)=O)C(=O)O)C(C)C)cc1. The van der Waals surface area contributed by atoms with Gasteiger partial charge < -0.3 is 26.8 Å². The van der Waals surface area contributed by atoms with Crippen molar-refractivity contribution >= 4 is 41.0 Å². The lowest BCUT2D eigenvalue weighted by Crippen LogP contribution is -2.53. The van der Waals surface area contributed by atoms with Gasteiger partial charge in [-0.15, -0.1) is 0 Å². The van der Waals surface area contributed by atoms with Gasteiger partial charge in [-0.2, -0.15) is 0 Å². The maximum atomic E-state index is 13.2. The van der Waals surface area contributed by atoms with Crippen LogP contribution in [0, 0.1) is 5.92 Å². The molecule has 0 aliphatic carbocycles. The van der Waals surface area contributed by atoms with Crippen molar-refractivity contribution in [2.45, 2.75) is 65.1 Å². The van der Waals surface area contributed by atoms with Gasteiger partial charge in [-0.1, -0.05) is 63.6 Å². The van der Waals surface area contributed by atoms with Crippen molar-refractivity contribution < 1.29 is 24.3 Å². The summed E-state index contributed by atoms with van der Waals surface area (Å²) in [6.45, 7) is 8.16. The number of carbonyl (C=O) groups is 4. The van der Waals surface area contributed by atoms with Gasteiger partial charge in [-0.05, 0) is 47.6 Å². The van der Waals surface area contributed by atoms with E-state index in [1.807, 2.05) is 12.1 Å². The summed E-state index contributed by atoms with van der Waals surface area (Å²) in [6, 6.07) is 10.7. The fourth-order valence-electron chi connectivity index (χ4n) is 3.64. The van der Waals surface area contributed by atoms with Crippen LogP contribution < -0.4 is 21.7 Å². The Morgan fingerprint density at radius 3 is 2.16 bits per heavy atom. The topological polar surface area (TPSA) is 151 Å². The number of carboxylic acid groups (broad SMARTS) is 1. The van der Waals surface area contributed by atoms with Gasteiger partial charge in [-0.3, -0.25) is 14.4 Å². The Morgan fingerprint density at radius 2 is 1.62 bits per heavy atom. The van der Waals surface area contributed by atoms with Crippen LogP contribution in [0.1, 0.15) is 67.9 Å². The molecule has 0 aliphatic heterocycles. The van der Waals surface area contributed by atoms with Gasteiger partial charge in [-0.25, -0.2) is 4.79 Å². The van der Waals surface area contributed by atoms with Crippen LogP contribution in [-0.4, -0.2) is 40.9 Å². The van der Waals surface area contributed by atoms with E-state index in [1.54, 1.807) is 26.0 Å². The molecule has 0 spiro atoms. The van der Waals surface area contributed by atoms with Gasteiger partial charge in [0.1, 0.15) is 12.1 Å². The van der Waals surface area contributed by atoms with Gasteiger partial charge in [0.05, 0.1) is 5.56 Å². The third-order valence-corrected chi connectivity index (χ3v) is 6.12. The first-order valence-corrected chi connectivity index (χ1v) is 12.5. The number of carbonyl (C=O) groups excluding carboxylic acids is 3. The van der Waals surface area contributed by atoms with E-state index in [1.165, 1.54) is 11.6 Å². The molecule has 10 heteroatoms. The summed E-state index contributed by atoms with van der Waals surface area (Å²) in [5.41, 5.74) is 8.13. The molecule has 2 aromatic rings. The molecule has 37 heavy (non-hydrogen) atoms. The highest BCUT2D eigenvalue weighted by Crippen LogP contribution is 2.23. The summed E-state index contributed by atoms with van der Waals surface area (Å²) in [5, 5.41) is 18.1. The number of aliphatic carboxylic acids is 1. The molecule has 2 rings (SSSR count). The average molecular weight is 531 g/mol. The van der Waals surface area contributed by atoms with E-state index < -0.39 is 35.8 Å². The molecule has 0 bridgehead atoms. The zero-order valence-corrected chi connectivity index (χ0v) is 22.3. The molecule has 200 valence electrons. The van der Waals surface area contributed by atoms with Gasteiger partial charge >= 0.3 is 5.97 Å². The van der Waals surface area contributed by atoms with Crippen LogP contribution in [-0.2, 0) is 20.9 Å². The second-order valence-corrected chi connectivity index (χ2v) is 9.98. The lowest BCUT2D eigenvalue weighted by Gasteiger charge is -2.24. The highest BCUT2D eigenvalue weighted by molar-refractivity contribution is 6.31. The van der Waals surface area contributed by atoms with Crippen LogP contribution >= 0.6 is 11.6 Å². The third kappa shape index (κ3) is 9.09. The Balaban J connectivity index is 2.17. The lowest BCUT2D eigenvalue weighted by atomic mass is 10.0. The number of rotatable bonds is 13. The summed E-state index contributed by atoms with van der Waals surface area (Å²) >= 11 is 6.16. The fraction of sp³-hybridized carbons (Fsp3) is 0.407. The highest BCUT2D eigenvalue weighted by atomic mass is 35.5. The van der Waals surface area contributed by atoms with Crippen molar-refractivity contribution in [1.29, 1.82) is 0 Å². The quantitative estimate of drug-likeness (QED) is 0.266. The van der Waals surface area contributed by atoms with Gasteiger partial charge in [0.15, 0.2) is 0 Å². The third-order valence-electron chi connectivity index (χ3n) is 5.89. The number of halogens is 1. The Morgan fingerprint density at radius 1 is 0.973 bits per heavy atom. The number of hydrogen-bond donors (Lipinski definition) is 5. The molecule has 0 saturated carbocycles. The number of nitrogens with two attached hydrogens (primary N) is 1. The van der Waals surface area contributed by atoms with Gasteiger partial charge in [0.25, 0.3) is 5.91 Å². The van der Waals surface area contributed by atoms with Gasteiger partial charge in [0, 0.05) is 23.7 Å². The monoisotopic (exact) mass is 530 g/mol. The largest absolute Gasteiger partial charge is 0.480 e. The molecule has 0 heterocycles. The average Bonchev–Trinajstić information content (AvgIpc) is 2.83. The van der Waals surface area contributed by atoms with Gasteiger partial charge in [0.2, 0.25) is 11.8 Å². The minimum atomic E-state index is -1.32. The van der Waals surface area contributed by atoms with E-state index >= 15 is 0 Å². The molecule has 0 aromatic heterocycles. The molecule has 2 aromatic carbocycles. The Hall–Kier alpha value is -3.59. The molecule has 6 N–H and O–H groups in total. The molecule has 0 radical (unpaired) electrons. The van der Waals surface area contributed by atoms with Crippen molar-refractivity contribution in [3.05, 3.63) is 64.2 Å².